The second kappa shape index (κ2) is 32.1. The summed E-state index contributed by atoms with van der Waals surface area (Å²) in [7, 11) is -2.87. The molecule has 5 heteroatoms. The van der Waals surface area contributed by atoms with Crippen molar-refractivity contribution in [3.63, 3.8) is 0 Å². The number of aryl methyl sites for hydroxylation is 2. The molecule has 0 amide bonds. The molecular weight excluding hydrogens is 767 g/mol. The number of unbranched alkanes of at least 4 members (excludes halogenated alkanes) is 8. The van der Waals surface area contributed by atoms with Crippen LogP contribution in [0.25, 0.3) is 11.1 Å². The van der Waals surface area contributed by atoms with Gasteiger partial charge in [-0.15, -0.1) is 4.79 Å². The van der Waals surface area contributed by atoms with E-state index in [2.05, 4.69) is 116 Å². The van der Waals surface area contributed by atoms with E-state index in [4.69, 9.17) is 0 Å². The quantitative estimate of drug-likeness (QED) is 0.0149. The molecule has 0 aliphatic heterocycles. The van der Waals surface area contributed by atoms with Gasteiger partial charge in [0, 0.05) is 0 Å². The predicted octanol–water partition coefficient (Wildman–Crippen LogP) is 17.0. The van der Waals surface area contributed by atoms with Crippen molar-refractivity contribution in [1.82, 2.24) is 0 Å². The molecule has 57 heavy (non-hydrogen) atoms. The van der Waals surface area contributed by atoms with Crippen LogP contribution in [0, 0.1) is 14.9 Å². The maximum absolute atomic E-state index is 10.2. The molecule has 0 radical (unpaired) electrons. The Morgan fingerprint density at radius 2 is 0.877 bits per heavy atom. The van der Waals surface area contributed by atoms with Crippen molar-refractivity contribution in [2.45, 2.75) is 220 Å². The standard InChI is InChI=1S/C50H84N2Si2.2CH3.Ni/c1-11-21-25-26-27-28-31-46(39-52-51)49(32-24-14-4)50(47-35-42(29-22-12-2)33-43(36-47)30-23-13-3)48-37-44(40-53(15-5,16-6)17-7)34-45(38-48)41-54(18-8,19-9)20-10;;;/h33-38H,11-32,40-41H2,1-10H3;2*1H3;/q;2*-1;+2. The van der Waals surface area contributed by atoms with Crippen molar-refractivity contribution in [2.75, 3.05) is 0 Å². The maximum Gasteiger partial charge on any atom is 2.00 e. The van der Waals surface area contributed by atoms with Crippen LogP contribution in [0.4, 0.5) is 0 Å². The van der Waals surface area contributed by atoms with E-state index in [0.717, 1.165) is 50.5 Å². The van der Waals surface area contributed by atoms with Crippen LogP contribution < -0.4 is 0 Å². The Morgan fingerprint density at radius 3 is 1.28 bits per heavy atom. The average Bonchev–Trinajstić information content (AvgIpc) is 3.19. The van der Waals surface area contributed by atoms with E-state index < -0.39 is 16.1 Å². The van der Waals surface area contributed by atoms with E-state index in [1.165, 1.54) is 140 Å². The molecule has 2 rings (SSSR count). The first-order valence-corrected chi connectivity index (χ1v) is 28.8. The van der Waals surface area contributed by atoms with Crippen molar-refractivity contribution < 1.29 is 21.3 Å². The van der Waals surface area contributed by atoms with Gasteiger partial charge in [-0.2, -0.15) is 0 Å². The minimum atomic E-state index is -1.43. The number of nitrogens with zero attached hydrogens (tertiary/aromatic N) is 2. The van der Waals surface area contributed by atoms with Crippen molar-refractivity contribution in [2.24, 2.45) is 0 Å². The van der Waals surface area contributed by atoms with Gasteiger partial charge in [0.2, 0.25) is 0 Å². The summed E-state index contributed by atoms with van der Waals surface area (Å²) in [4.78, 5) is 3.67. The molecule has 2 aromatic carbocycles. The molecule has 0 saturated heterocycles. The van der Waals surface area contributed by atoms with E-state index in [9.17, 15) is 5.53 Å². The van der Waals surface area contributed by atoms with Crippen molar-refractivity contribution in [3.05, 3.63) is 101 Å². The molecule has 2 aromatic rings. The number of allylic oxidation sites excluding steroid dienone is 2. The first-order valence-electron chi connectivity index (χ1n) is 23.2. The SMILES string of the molecule is CCCCCCCCC(=C=[N+]=[N-])C(CCCC)=C(c1cc(CCCC)cc(CCCC)c1)c1cc(C[Si](CC)(CC)CC)cc(C[Si](CC)(CC)CC)c1.[CH3-].[CH3-].[Ni+2]. The van der Waals surface area contributed by atoms with Gasteiger partial charge in [-0.05, 0) is 108 Å². The fourth-order valence-corrected chi connectivity index (χ4v) is 15.5. The molecule has 0 atom stereocenters. The van der Waals surface area contributed by atoms with Gasteiger partial charge in [0.15, 0.2) is 0 Å². The molecule has 0 fully saturated rings. The molecule has 0 aliphatic rings. The number of benzene rings is 2. The first kappa shape index (κ1) is 57.4. The Kier molecular flexibility index (Phi) is 32.3. The molecule has 0 spiro atoms. The summed E-state index contributed by atoms with van der Waals surface area (Å²) in [5.41, 5.74) is 22.9. The third-order valence-electron chi connectivity index (χ3n) is 13.4. The molecule has 0 N–H and O–H groups in total. The molecule has 2 nitrogen and oxygen atoms in total. The van der Waals surface area contributed by atoms with E-state index >= 15 is 0 Å². The van der Waals surface area contributed by atoms with Crippen LogP contribution in [0.2, 0.25) is 36.3 Å². The zero-order valence-electron chi connectivity index (χ0n) is 39.6. The van der Waals surface area contributed by atoms with Gasteiger partial charge < -0.3 is 20.4 Å². The second-order valence-electron chi connectivity index (χ2n) is 16.9. The number of hydrogen-bond donors (Lipinski definition) is 0. The summed E-state index contributed by atoms with van der Waals surface area (Å²) in [6, 6.07) is 26.1. The normalized spacial score (nSPS) is 11.8. The van der Waals surface area contributed by atoms with Crippen LogP contribution in [-0.2, 0) is 41.4 Å². The van der Waals surface area contributed by atoms with Crippen LogP contribution in [0.15, 0.2) is 47.5 Å². The van der Waals surface area contributed by atoms with Gasteiger partial charge in [0.25, 0.3) is 0 Å². The molecule has 0 aromatic heterocycles. The van der Waals surface area contributed by atoms with Crippen LogP contribution >= 0.6 is 0 Å². The summed E-state index contributed by atoms with van der Waals surface area (Å²) in [6.07, 6.45) is 18.8. The Balaban J connectivity index is 0. The van der Waals surface area contributed by atoms with Gasteiger partial charge in [-0.1, -0.05) is 193 Å². The molecular formula is C52H90N2NiSi2. The minimum Gasteiger partial charge on any atom is -0.358 e. The van der Waals surface area contributed by atoms with Crippen molar-refractivity contribution in [1.29, 1.82) is 0 Å². The van der Waals surface area contributed by atoms with Crippen LogP contribution in [0.1, 0.15) is 193 Å². The third kappa shape index (κ3) is 18.6. The molecule has 326 valence electrons. The minimum absolute atomic E-state index is 0. The largest absolute Gasteiger partial charge is 2.00 e. The molecule has 0 aliphatic carbocycles. The van der Waals surface area contributed by atoms with Gasteiger partial charge in [-0.25, -0.2) is 0 Å². The first-order chi connectivity index (χ1) is 26.2. The van der Waals surface area contributed by atoms with E-state index in [1.54, 1.807) is 11.1 Å². The topological polar surface area (TPSA) is 36.4 Å². The smallest absolute Gasteiger partial charge is 0.358 e. The van der Waals surface area contributed by atoms with E-state index in [1.807, 2.05) is 0 Å². The zero-order chi connectivity index (χ0) is 39.8. The Hall–Kier alpha value is -1.73. The molecule has 0 bridgehead atoms. The van der Waals surface area contributed by atoms with Crippen molar-refractivity contribution >= 4 is 27.6 Å². The van der Waals surface area contributed by atoms with Crippen LogP contribution in [0.3, 0.4) is 0 Å². The van der Waals surface area contributed by atoms with Gasteiger partial charge in [0.05, 0.1) is 21.7 Å². The Morgan fingerprint density at radius 1 is 0.491 bits per heavy atom. The zero-order valence-corrected chi connectivity index (χ0v) is 42.6. The van der Waals surface area contributed by atoms with Gasteiger partial charge >= 0.3 is 22.4 Å². The van der Waals surface area contributed by atoms with Gasteiger partial charge in [-0.3, -0.25) is 0 Å². The number of hydrogen-bond acceptors (Lipinski definition) is 0. The Bertz CT molecular complexity index is 1410. The fourth-order valence-electron chi connectivity index (χ4n) is 8.90. The fraction of sp³-hybridized carbons (Fsp3) is 0.654. The predicted molar refractivity (Wildman–Crippen MR) is 260 cm³/mol. The molecule has 0 saturated carbocycles. The summed E-state index contributed by atoms with van der Waals surface area (Å²) >= 11 is 0. The summed E-state index contributed by atoms with van der Waals surface area (Å²) in [5, 5.41) is 0. The Labute approximate surface area is 368 Å². The number of rotatable bonds is 29. The second-order valence-corrected chi connectivity index (χ2v) is 27.9. The van der Waals surface area contributed by atoms with Crippen LogP contribution in [0.5, 0.6) is 0 Å². The van der Waals surface area contributed by atoms with Crippen molar-refractivity contribution in [3.8, 4) is 0 Å². The molecule has 0 heterocycles. The van der Waals surface area contributed by atoms with E-state index in [0.29, 0.717) is 0 Å². The summed E-state index contributed by atoms with van der Waals surface area (Å²) < 4.78 is 0. The summed E-state index contributed by atoms with van der Waals surface area (Å²) in [6.45, 7) is 24.0. The summed E-state index contributed by atoms with van der Waals surface area (Å²) in [5.74, 6) is 3.23. The molecule has 0 unspecified atom stereocenters. The average molecular weight is 858 g/mol. The third-order valence-corrected chi connectivity index (χ3v) is 24.7. The van der Waals surface area contributed by atoms with Crippen LogP contribution in [-0.4, -0.2) is 26.8 Å². The maximum atomic E-state index is 10.2. The van der Waals surface area contributed by atoms with E-state index in [-0.39, 0.29) is 31.3 Å². The van der Waals surface area contributed by atoms with Gasteiger partial charge in [0.1, 0.15) is 0 Å². The monoisotopic (exact) mass is 857 g/mol.